The third-order valence-electron chi connectivity index (χ3n) is 4.20. The number of ether oxygens (including phenoxy) is 1. The Morgan fingerprint density at radius 1 is 0.963 bits per heavy atom. The van der Waals surface area contributed by atoms with Gasteiger partial charge in [0.1, 0.15) is 11.5 Å². The van der Waals surface area contributed by atoms with Gasteiger partial charge in [0, 0.05) is 10.7 Å². The number of aromatic hydroxyl groups is 1. The Kier molecular flexibility index (Phi) is 5.67. The third kappa shape index (κ3) is 5.02. The molecule has 0 aliphatic carbocycles. The van der Waals surface area contributed by atoms with Crippen LogP contribution < -0.4 is 10.1 Å². The molecular formula is C22H20ClNO3. The third-order valence-corrected chi connectivity index (χ3v) is 4.45. The molecule has 3 aromatic rings. The number of halogens is 1. The maximum absolute atomic E-state index is 12.1. The van der Waals surface area contributed by atoms with Gasteiger partial charge in [-0.2, -0.15) is 0 Å². The van der Waals surface area contributed by atoms with Crippen LogP contribution >= 0.6 is 11.6 Å². The van der Waals surface area contributed by atoms with Crippen molar-refractivity contribution >= 4 is 23.4 Å². The van der Waals surface area contributed by atoms with E-state index in [1.165, 1.54) is 0 Å². The number of carbonyl (C=O) groups excluding carboxylic acids is 1. The van der Waals surface area contributed by atoms with Gasteiger partial charge in [0.2, 0.25) is 0 Å². The van der Waals surface area contributed by atoms with Gasteiger partial charge in [-0.3, -0.25) is 5.32 Å². The number of benzene rings is 3. The van der Waals surface area contributed by atoms with Gasteiger partial charge >= 0.3 is 6.09 Å². The number of nitrogens with one attached hydrogen (secondary N) is 1. The second-order valence-electron chi connectivity index (χ2n) is 6.42. The molecule has 1 amide bonds. The van der Waals surface area contributed by atoms with E-state index in [0.717, 1.165) is 28.7 Å². The molecular weight excluding hydrogens is 362 g/mol. The van der Waals surface area contributed by atoms with Crippen LogP contribution in [0, 0.1) is 13.8 Å². The summed E-state index contributed by atoms with van der Waals surface area (Å²) in [5.74, 6) is 0.803. The van der Waals surface area contributed by atoms with E-state index in [2.05, 4.69) is 5.32 Å². The number of aryl methyl sites for hydroxylation is 2. The maximum atomic E-state index is 12.1. The van der Waals surface area contributed by atoms with E-state index in [1.807, 2.05) is 38.1 Å². The van der Waals surface area contributed by atoms with Crippen LogP contribution in [0.5, 0.6) is 11.5 Å². The van der Waals surface area contributed by atoms with Crippen molar-refractivity contribution in [2.24, 2.45) is 0 Å². The number of phenolic OH excluding ortho intramolecular Hbond substituents is 1. The quantitative estimate of drug-likeness (QED) is 0.594. The Labute approximate surface area is 163 Å². The molecule has 138 valence electrons. The molecule has 0 atom stereocenters. The van der Waals surface area contributed by atoms with Crippen LogP contribution in [0.15, 0.2) is 60.7 Å². The van der Waals surface area contributed by atoms with Crippen molar-refractivity contribution in [3.8, 4) is 11.5 Å². The van der Waals surface area contributed by atoms with Crippen molar-refractivity contribution in [1.29, 1.82) is 0 Å². The van der Waals surface area contributed by atoms with Crippen LogP contribution in [0.4, 0.5) is 10.5 Å². The molecule has 3 rings (SSSR count). The van der Waals surface area contributed by atoms with Crippen molar-refractivity contribution in [3.05, 3.63) is 87.9 Å². The molecule has 0 fully saturated rings. The molecule has 0 bridgehead atoms. The van der Waals surface area contributed by atoms with Crippen molar-refractivity contribution in [2.75, 3.05) is 5.32 Å². The minimum absolute atomic E-state index is 0.297. The lowest BCUT2D eigenvalue weighted by molar-refractivity contribution is 0.215. The Bertz CT molecular complexity index is 968. The van der Waals surface area contributed by atoms with Crippen molar-refractivity contribution in [2.45, 2.75) is 20.3 Å². The summed E-state index contributed by atoms with van der Waals surface area (Å²) in [6, 6.07) is 18.1. The van der Waals surface area contributed by atoms with Gasteiger partial charge in [-0.25, -0.2) is 4.79 Å². The summed E-state index contributed by atoms with van der Waals surface area (Å²) < 4.78 is 5.40. The van der Waals surface area contributed by atoms with E-state index in [4.69, 9.17) is 16.3 Å². The zero-order chi connectivity index (χ0) is 19.4. The van der Waals surface area contributed by atoms with Gasteiger partial charge < -0.3 is 9.84 Å². The first kappa shape index (κ1) is 18.8. The van der Waals surface area contributed by atoms with Crippen LogP contribution in [0.3, 0.4) is 0 Å². The van der Waals surface area contributed by atoms with Gasteiger partial charge in [-0.1, -0.05) is 35.9 Å². The lowest BCUT2D eigenvalue weighted by Gasteiger charge is -2.11. The van der Waals surface area contributed by atoms with Gasteiger partial charge in [0.25, 0.3) is 0 Å². The number of amides is 1. The lowest BCUT2D eigenvalue weighted by atomic mass is 10.0. The summed E-state index contributed by atoms with van der Waals surface area (Å²) in [6.45, 7) is 3.77. The summed E-state index contributed by atoms with van der Waals surface area (Å²) in [5.41, 5.74) is 4.54. The smallest absolute Gasteiger partial charge is 0.417 e. The largest absolute Gasteiger partial charge is 0.508 e. The highest BCUT2D eigenvalue weighted by Gasteiger charge is 2.09. The zero-order valence-electron chi connectivity index (χ0n) is 15.1. The van der Waals surface area contributed by atoms with Crippen LogP contribution in [0.1, 0.15) is 22.3 Å². The predicted octanol–water partition coefficient (Wildman–Crippen LogP) is 5.86. The van der Waals surface area contributed by atoms with Crippen LogP contribution in [0.25, 0.3) is 0 Å². The van der Waals surface area contributed by atoms with Gasteiger partial charge in [-0.15, -0.1) is 0 Å². The molecule has 5 heteroatoms. The van der Waals surface area contributed by atoms with Crippen molar-refractivity contribution in [3.63, 3.8) is 0 Å². The fourth-order valence-electron chi connectivity index (χ4n) is 2.78. The summed E-state index contributed by atoms with van der Waals surface area (Å²) >= 11 is 5.83. The minimum Gasteiger partial charge on any atom is -0.508 e. The van der Waals surface area contributed by atoms with E-state index >= 15 is 0 Å². The standard InChI is InChI=1S/C22H20ClNO3/c1-14-11-16(3-9-20(14)25)13-17-4-10-21(15(2)12-17)27-22(26)24-19-7-5-18(23)6-8-19/h3-12,25H,13H2,1-2H3,(H,24,26). The fourth-order valence-corrected chi connectivity index (χ4v) is 2.90. The summed E-state index contributed by atoms with van der Waals surface area (Å²) in [6.07, 6.45) is 0.182. The number of carbonyl (C=O) groups is 1. The Morgan fingerprint density at radius 2 is 1.59 bits per heavy atom. The number of anilines is 1. The Morgan fingerprint density at radius 3 is 2.22 bits per heavy atom. The number of hydrogen-bond donors (Lipinski definition) is 2. The maximum Gasteiger partial charge on any atom is 0.417 e. The molecule has 4 nitrogen and oxygen atoms in total. The molecule has 3 aromatic carbocycles. The predicted molar refractivity (Wildman–Crippen MR) is 108 cm³/mol. The molecule has 0 aliphatic heterocycles. The van der Waals surface area contributed by atoms with Gasteiger partial charge in [0.05, 0.1) is 0 Å². The number of phenols is 1. The van der Waals surface area contributed by atoms with E-state index in [-0.39, 0.29) is 0 Å². The first-order chi connectivity index (χ1) is 12.9. The topological polar surface area (TPSA) is 58.6 Å². The summed E-state index contributed by atoms with van der Waals surface area (Å²) in [4.78, 5) is 12.1. The first-order valence-corrected chi connectivity index (χ1v) is 8.91. The SMILES string of the molecule is Cc1cc(Cc2ccc(OC(=O)Nc3ccc(Cl)cc3)c(C)c2)ccc1O. The fraction of sp³-hybridized carbons (Fsp3) is 0.136. The summed E-state index contributed by atoms with van der Waals surface area (Å²) in [7, 11) is 0. The van der Waals surface area contributed by atoms with E-state index in [0.29, 0.717) is 22.2 Å². The number of rotatable bonds is 4. The van der Waals surface area contributed by atoms with Gasteiger partial charge in [0.15, 0.2) is 0 Å². The molecule has 0 saturated carbocycles. The van der Waals surface area contributed by atoms with Crippen LogP contribution in [0.2, 0.25) is 5.02 Å². The van der Waals surface area contributed by atoms with Crippen LogP contribution in [-0.4, -0.2) is 11.2 Å². The highest BCUT2D eigenvalue weighted by atomic mass is 35.5. The Hall–Kier alpha value is -2.98. The normalized spacial score (nSPS) is 10.5. The second kappa shape index (κ2) is 8.14. The average molecular weight is 382 g/mol. The molecule has 2 N–H and O–H groups in total. The van der Waals surface area contributed by atoms with Gasteiger partial charge in [-0.05, 0) is 78.9 Å². The molecule has 27 heavy (non-hydrogen) atoms. The van der Waals surface area contributed by atoms with Crippen molar-refractivity contribution in [1.82, 2.24) is 0 Å². The molecule has 0 radical (unpaired) electrons. The summed E-state index contributed by atoms with van der Waals surface area (Å²) in [5, 5.41) is 12.9. The highest BCUT2D eigenvalue weighted by molar-refractivity contribution is 6.30. The first-order valence-electron chi connectivity index (χ1n) is 8.53. The monoisotopic (exact) mass is 381 g/mol. The molecule has 0 unspecified atom stereocenters. The molecule has 0 aliphatic rings. The lowest BCUT2D eigenvalue weighted by Crippen LogP contribution is -2.17. The second-order valence-corrected chi connectivity index (χ2v) is 6.86. The minimum atomic E-state index is -0.553. The molecule has 0 spiro atoms. The van der Waals surface area contributed by atoms with Crippen molar-refractivity contribution < 1.29 is 14.6 Å². The highest BCUT2D eigenvalue weighted by Crippen LogP contribution is 2.24. The molecule has 0 aromatic heterocycles. The van der Waals surface area contributed by atoms with E-state index in [9.17, 15) is 9.90 Å². The molecule has 0 heterocycles. The number of hydrogen-bond acceptors (Lipinski definition) is 3. The zero-order valence-corrected chi connectivity index (χ0v) is 15.9. The molecule has 0 saturated heterocycles. The van der Waals surface area contributed by atoms with E-state index < -0.39 is 6.09 Å². The van der Waals surface area contributed by atoms with E-state index in [1.54, 1.807) is 36.4 Å². The van der Waals surface area contributed by atoms with Crippen LogP contribution in [-0.2, 0) is 6.42 Å². The Balaban J connectivity index is 1.66. The average Bonchev–Trinajstić information content (AvgIpc) is 2.62.